The quantitative estimate of drug-likeness (QED) is 0.542. The molecule has 0 aromatic heterocycles. The maximum Gasteiger partial charge on any atom is 0.316 e. The molecule has 1 aliphatic rings. The number of rotatable bonds is 5. The van der Waals surface area contributed by atoms with Crippen LogP contribution in [0.3, 0.4) is 0 Å². The molecule has 1 amide bonds. The summed E-state index contributed by atoms with van der Waals surface area (Å²) in [5.74, 6) is 0.775. The smallest absolute Gasteiger partial charge is 0.316 e. The lowest BCUT2D eigenvalue weighted by atomic mass is 9.92. The van der Waals surface area contributed by atoms with Crippen molar-refractivity contribution >= 4 is 39.6 Å². The molecular weight excluding hydrogens is 390 g/mol. The minimum Gasteiger partial charge on any atom is -0.455 e. The van der Waals surface area contributed by atoms with Crippen molar-refractivity contribution in [3.63, 3.8) is 0 Å². The molecular formula is C18H24BrNO3S. The van der Waals surface area contributed by atoms with Gasteiger partial charge in [0.25, 0.3) is 5.91 Å². The Morgan fingerprint density at radius 1 is 1.29 bits per heavy atom. The van der Waals surface area contributed by atoms with Crippen LogP contribution in [0.25, 0.3) is 0 Å². The van der Waals surface area contributed by atoms with Gasteiger partial charge in [0.15, 0.2) is 6.61 Å². The zero-order chi connectivity index (χ0) is 17.7. The molecule has 2 rings (SSSR count). The number of likely N-dealkylation sites (tertiary alicyclic amines) is 1. The fraction of sp³-hybridized carbons (Fsp3) is 0.556. The lowest BCUT2D eigenvalue weighted by Crippen LogP contribution is -2.44. The zero-order valence-corrected chi connectivity index (χ0v) is 16.8. The molecule has 2 atom stereocenters. The lowest BCUT2D eigenvalue weighted by molar-refractivity contribution is -0.151. The standard InChI is InChI=1S/C18H24BrNO3S/c1-12-6-13(2)9-20(8-12)17(21)10-23-18(22)11-24-16-5-4-15(19)7-14(16)3/h4-5,7,12-13H,6,8-11H2,1-3H3/t12-,13-/m0/s1. The molecule has 24 heavy (non-hydrogen) atoms. The summed E-state index contributed by atoms with van der Waals surface area (Å²) in [6.07, 6.45) is 1.15. The summed E-state index contributed by atoms with van der Waals surface area (Å²) in [4.78, 5) is 26.9. The fourth-order valence-corrected chi connectivity index (χ4v) is 4.34. The van der Waals surface area contributed by atoms with Gasteiger partial charge in [0.2, 0.25) is 0 Å². The number of benzene rings is 1. The molecule has 1 aromatic rings. The number of thioether (sulfide) groups is 1. The van der Waals surface area contributed by atoms with E-state index in [4.69, 9.17) is 4.74 Å². The largest absolute Gasteiger partial charge is 0.455 e. The first-order chi connectivity index (χ1) is 11.3. The second-order valence-corrected chi connectivity index (χ2v) is 8.54. The van der Waals surface area contributed by atoms with Crippen molar-refractivity contribution in [3.05, 3.63) is 28.2 Å². The highest BCUT2D eigenvalue weighted by molar-refractivity contribution is 9.10. The number of nitrogens with zero attached hydrogens (tertiary/aromatic N) is 1. The molecule has 0 spiro atoms. The highest BCUT2D eigenvalue weighted by Gasteiger charge is 2.25. The van der Waals surface area contributed by atoms with E-state index in [1.54, 1.807) is 0 Å². The summed E-state index contributed by atoms with van der Waals surface area (Å²) in [6, 6.07) is 5.93. The summed E-state index contributed by atoms with van der Waals surface area (Å²) in [7, 11) is 0. The minimum atomic E-state index is -0.353. The van der Waals surface area contributed by atoms with E-state index < -0.39 is 0 Å². The average molecular weight is 414 g/mol. The van der Waals surface area contributed by atoms with Crippen LogP contribution in [0, 0.1) is 18.8 Å². The van der Waals surface area contributed by atoms with Crippen molar-refractivity contribution in [1.82, 2.24) is 4.90 Å². The molecule has 1 saturated heterocycles. The molecule has 132 valence electrons. The number of ether oxygens (including phenoxy) is 1. The maximum atomic E-state index is 12.2. The molecule has 0 radical (unpaired) electrons. The number of amides is 1. The molecule has 1 aromatic carbocycles. The van der Waals surface area contributed by atoms with Crippen LogP contribution in [-0.2, 0) is 14.3 Å². The van der Waals surface area contributed by atoms with Gasteiger partial charge in [0.05, 0.1) is 5.75 Å². The third-order valence-electron chi connectivity index (χ3n) is 4.06. The highest BCUT2D eigenvalue weighted by Crippen LogP contribution is 2.25. The Balaban J connectivity index is 1.75. The van der Waals surface area contributed by atoms with Gasteiger partial charge in [-0.2, -0.15) is 0 Å². The monoisotopic (exact) mass is 413 g/mol. The van der Waals surface area contributed by atoms with Crippen LogP contribution in [0.15, 0.2) is 27.6 Å². The van der Waals surface area contributed by atoms with Gasteiger partial charge in [-0.15, -0.1) is 11.8 Å². The Kier molecular flexibility index (Phi) is 7.16. The maximum absolute atomic E-state index is 12.2. The molecule has 0 aliphatic carbocycles. The van der Waals surface area contributed by atoms with Crippen molar-refractivity contribution in [2.45, 2.75) is 32.1 Å². The van der Waals surface area contributed by atoms with Crippen LogP contribution in [0.4, 0.5) is 0 Å². The van der Waals surface area contributed by atoms with Crippen molar-refractivity contribution in [3.8, 4) is 0 Å². The number of esters is 1. The van der Waals surface area contributed by atoms with E-state index in [2.05, 4.69) is 29.8 Å². The average Bonchev–Trinajstić information content (AvgIpc) is 2.50. The van der Waals surface area contributed by atoms with Gasteiger partial charge < -0.3 is 9.64 Å². The Labute approximate surface area is 156 Å². The molecule has 4 nitrogen and oxygen atoms in total. The van der Waals surface area contributed by atoms with Crippen molar-refractivity contribution in [2.24, 2.45) is 11.8 Å². The summed E-state index contributed by atoms with van der Waals surface area (Å²) < 4.78 is 6.17. The van der Waals surface area contributed by atoms with Gasteiger partial charge in [-0.3, -0.25) is 9.59 Å². The number of aryl methyl sites for hydroxylation is 1. The number of carbonyl (C=O) groups is 2. The van der Waals surface area contributed by atoms with E-state index in [-0.39, 0.29) is 24.2 Å². The normalized spacial score (nSPS) is 20.8. The van der Waals surface area contributed by atoms with Crippen LogP contribution >= 0.6 is 27.7 Å². The van der Waals surface area contributed by atoms with Gasteiger partial charge in [0.1, 0.15) is 0 Å². The van der Waals surface area contributed by atoms with E-state index in [1.807, 2.05) is 30.0 Å². The third-order valence-corrected chi connectivity index (χ3v) is 5.70. The lowest BCUT2D eigenvalue weighted by Gasteiger charge is -2.34. The Morgan fingerprint density at radius 3 is 2.58 bits per heavy atom. The van der Waals surface area contributed by atoms with Gasteiger partial charge in [-0.1, -0.05) is 29.8 Å². The van der Waals surface area contributed by atoms with Crippen LogP contribution < -0.4 is 0 Å². The van der Waals surface area contributed by atoms with Gasteiger partial charge in [0, 0.05) is 22.5 Å². The number of hydrogen-bond donors (Lipinski definition) is 0. The van der Waals surface area contributed by atoms with Crippen LogP contribution in [0.2, 0.25) is 0 Å². The highest BCUT2D eigenvalue weighted by atomic mass is 79.9. The molecule has 6 heteroatoms. The predicted octanol–water partition coefficient (Wildman–Crippen LogP) is 3.90. The first kappa shape index (κ1) is 19.3. The minimum absolute atomic E-state index is 0.0911. The third kappa shape index (κ3) is 5.81. The molecule has 1 heterocycles. The fourth-order valence-electron chi connectivity index (χ4n) is 3.05. The second-order valence-electron chi connectivity index (χ2n) is 6.60. The summed E-state index contributed by atoms with van der Waals surface area (Å²) in [6.45, 7) is 7.66. The Bertz CT molecular complexity index is 598. The van der Waals surface area contributed by atoms with Gasteiger partial charge in [-0.05, 0) is 48.9 Å². The Morgan fingerprint density at radius 2 is 1.96 bits per heavy atom. The van der Waals surface area contributed by atoms with Gasteiger partial charge >= 0.3 is 5.97 Å². The van der Waals surface area contributed by atoms with E-state index in [9.17, 15) is 9.59 Å². The van der Waals surface area contributed by atoms with Crippen molar-refractivity contribution < 1.29 is 14.3 Å². The first-order valence-corrected chi connectivity index (χ1v) is 9.95. The van der Waals surface area contributed by atoms with Crippen molar-refractivity contribution in [1.29, 1.82) is 0 Å². The summed E-state index contributed by atoms with van der Waals surface area (Å²) in [5.41, 5.74) is 1.11. The SMILES string of the molecule is Cc1cc(Br)ccc1SCC(=O)OCC(=O)N1C[C@@H](C)C[C@H](C)C1. The zero-order valence-electron chi connectivity index (χ0n) is 14.4. The molecule has 1 aliphatic heterocycles. The van der Waals surface area contributed by atoms with Crippen LogP contribution in [0.5, 0.6) is 0 Å². The topological polar surface area (TPSA) is 46.6 Å². The van der Waals surface area contributed by atoms with E-state index in [0.29, 0.717) is 11.8 Å². The number of carbonyl (C=O) groups excluding carboxylic acids is 2. The van der Waals surface area contributed by atoms with E-state index in [1.165, 1.54) is 11.8 Å². The predicted molar refractivity (Wildman–Crippen MR) is 100 cm³/mol. The molecule has 0 N–H and O–H groups in total. The number of halogens is 1. The first-order valence-electron chi connectivity index (χ1n) is 8.17. The second kappa shape index (κ2) is 8.90. The van der Waals surface area contributed by atoms with Crippen molar-refractivity contribution in [2.75, 3.05) is 25.4 Å². The number of piperidine rings is 1. The van der Waals surface area contributed by atoms with Crippen LogP contribution in [0.1, 0.15) is 25.8 Å². The summed E-state index contributed by atoms with van der Waals surface area (Å²) >= 11 is 4.85. The summed E-state index contributed by atoms with van der Waals surface area (Å²) in [5, 5.41) is 0. The van der Waals surface area contributed by atoms with E-state index in [0.717, 1.165) is 34.4 Å². The number of hydrogen-bond acceptors (Lipinski definition) is 4. The molecule has 0 unspecified atom stereocenters. The molecule has 0 saturated carbocycles. The van der Waals surface area contributed by atoms with E-state index >= 15 is 0 Å². The Hall–Kier alpha value is -1.01. The van der Waals surface area contributed by atoms with Crippen LogP contribution in [-0.4, -0.2) is 42.2 Å². The van der Waals surface area contributed by atoms with Gasteiger partial charge in [-0.25, -0.2) is 0 Å². The molecule has 1 fully saturated rings. The molecule has 0 bridgehead atoms.